The topological polar surface area (TPSA) is 130 Å². The Balaban J connectivity index is 1.98. The van der Waals surface area contributed by atoms with Crippen LogP contribution < -0.4 is 5.32 Å². The fourth-order valence-corrected chi connectivity index (χ4v) is 3.20. The van der Waals surface area contributed by atoms with E-state index in [4.69, 9.17) is 0 Å². The third-order valence-electron chi connectivity index (χ3n) is 4.49. The number of aromatic hydroxyl groups is 2. The van der Waals surface area contributed by atoms with E-state index < -0.39 is 28.0 Å². The van der Waals surface area contributed by atoms with Gasteiger partial charge in [-0.2, -0.15) is 0 Å². The van der Waals surface area contributed by atoms with Gasteiger partial charge in [0.1, 0.15) is 0 Å². The number of non-ortho nitro benzene ring substituents is 1. The Morgan fingerprint density at radius 2 is 1.57 bits per heavy atom. The first kappa shape index (κ1) is 17.2. The number of ketones is 2. The Morgan fingerprint density at radius 3 is 2.25 bits per heavy atom. The third-order valence-corrected chi connectivity index (χ3v) is 4.49. The Kier molecular flexibility index (Phi) is 3.82. The highest BCUT2D eigenvalue weighted by molar-refractivity contribution is 6.31. The van der Waals surface area contributed by atoms with Gasteiger partial charge in [-0.05, 0) is 24.3 Å². The molecule has 3 N–H and O–H groups in total. The van der Waals surface area contributed by atoms with Gasteiger partial charge in [-0.1, -0.05) is 18.2 Å². The molecule has 1 aliphatic carbocycles. The maximum atomic E-state index is 13.1. The standard InChI is InChI=1S/C20H12N2O6/c23-15-7-6-12-17(19(15)25)20(26)16-13(18(12)24)8-11(22(27)28)9-14(16)21-10-4-2-1-3-5-10/h1-9,21,23,25H. The summed E-state index contributed by atoms with van der Waals surface area (Å²) in [7, 11) is 0. The van der Waals surface area contributed by atoms with Crippen LogP contribution in [0.15, 0.2) is 54.6 Å². The minimum absolute atomic E-state index is 0.0575. The van der Waals surface area contributed by atoms with Crippen molar-refractivity contribution < 1.29 is 24.7 Å². The lowest BCUT2D eigenvalue weighted by Gasteiger charge is -2.21. The summed E-state index contributed by atoms with van der Waals surface area (Å²) in [5.74, 6) is -2.61. The van der Waals surface area contributed by atoms with Crippen molar-refractivity contribution in [2.45, 2.75) is 0 Å². The number of rotatable bonds is 3. The fraction of sp³-hybridized carbons (Fsp3) is 0. The molecule has 3 aromatic rings. The number of phenolic OH excluding ortho intramolecular Hbond substituents is 2. The summed E-state index contributed by atoms with van der Waals surface area (Å²) < 4.78 is 0. The smallest absolute Gasteiger partial charge is 0.272 e. The quantitative estimate of drug-likeness (QED) is 0.283. The molecule has 1 aliphatic rings. The van der Waals surface area contributed by atoms with E-state index in [0.717, 1.165) is 18.2 Å². The molecule has 0 saturated heterocycles. The van der Waals surface area contributed by atoms with Gasteiger partial charge in [0, 0.05) is 28.9 Å². The van der Waals surface area contributed by atoms with E-state index in [-0.39, 0.29) is 33.6 Å². The van der Waals surface area contributed by atoms with Gasteiger partial charge >= 0.3 is 0 Å². The molecule has 0 aromatic heterocycles. The summed E-state index contributed by atoms with van der Waals surface area (Å²) in [5, 5.41) is 34.1. The lowest BCUT2D eigenvalue weighted by Crippen LogP contribution is -2.22. The predicted molar refractivity (Wildman–Crippen MR) is 99.5 cm³/mol. The van der Waals surface area contributed by atoms with Crippen molar-refractivity contribution in [2.24, 2.45) is 0 Å². The van der Waals surface area contributed by atoms with Crippen LogP contribution in [0.5, 0.6) is 11.5 Å². The van der Waals surface area contributed by atoms with Crippen LogP contribution in [-0.2, 0) is 0 Å². The number of fused-ring (bicyclic) bond motifs is 2. The molecule has 0 amide bonds. The summed E-state index contributed by atoms with van der Waals surface area (Å²) in [6, 6.07) is 13.1. The Morgan fingerprint density at radius 1 is 0.857 bits per heavy atom. The van der Waals surface area contributed by atoms with Gasteiger partial charge in [-0.25, -0.2) is 0 Å². The molecular weight excluding hydrogens is 364 g/mol. The first-order valence-corrected chi connectivity index (χ1v) is 8.17. The molecule has 0 bridgehead atoms. The van der Waals surface area contributed by atoms with Crippen LogP contribution in [0.2, 0.25) is 0 Å². The van der Waals surface area contributed by atoms with E-state index in [0.29, 0.717) is 5.69 Å². The molecule has 28 heavy (non-hydrogen) atoms. The van der Waals surface area contributed by atoms with Gasteiger partial charge in [-0.15, -0.1) is 0 Å². The third kappa shape index (κ3) is 2.55. The molecule has 4 rings (SSSR count). The molecule has 0 saturated carbocycles. The normalized spacial score (nSPS) is 12.3. The van der Waals surface area contributed by atoms with E-state index in [1.807, 2.05) is 0 Å². The maximum Gasteiger partial charge on any atom is 0.272 e. The average molecular weight is 376 g/mol. The van der Waals surface area contributed by atoms with Crippen LogP contribution in [0.25, 0.3) is 0 Å². The van der Waals surface area contributed by atoms with Gasteiger partial charge in [-0.3, -0.25) is 19.7 Å². The highest BCUT2D eigenvalue weighted by Crippen LogP contribution is 2.41. The number of nitro benzene ring substituents is 1. The second-order valence-corrected chi connectivity index (χ2v) is 6.18. The van der Waals surface area contributed by atoms with Crippen molar-refractivity contribution in [1.29, 1.82) is 0 Å². The second-order valence-electron chi connectivity index (χ2n) is 6.18. The van der Waals surface area contributed by atoms with Gasteiger partial charge in [0.25, 0.3) is 5.69 Å². The first-order chi connectivity index (χ1) is 13.4. The number of nitrogens with zero attached hydrogens (tertiary/aromatic N) is 1. The van der Waals surface area contributed by atoms with E-state index in [1.165, 1.54) is 6.07 Å². The number of nitro groups is 1. The minimum atomic E-state index is -0.716. The number of para-hydroxylation sites is 1. The number of hydrogen-bond acceptors (Lipinski definition) is 7. The van der Waals surface area contributed by atoms with Crippen LogP contribution >= 0.6 is 0 Å². The largest absolute Gasteiger partial charge is 0.504 e. The van der Waals surface area contributed by atoms with Crippen LogP contribution in [-0.4, -0.2) is 26.7 Å². The highest BCUT2D eigenvalue weighted by atomic mass is 16.6. The first-order valence-electron chi connectivity index (χ1n) is 8.17. The van der Waals surface area contributed by atoms with Gasteiger partial charge in [0.05, 0.1) is 21.7 Å². The van der Waals surface area contributed by atoms with Crippen molar-refractivity contribution in [3.63, 3.8) is 0 Å². The minimum Gasteiger partial charge on any atom is -0.504 e. The number of benzene rings is 3. The average Bonchev–Trinajstić information content (AvgIpc) is 2.68. The molecule has 0 atom stereocenters. The van der Waals surface area contributed by atoms with Crippen molar-refractivity contribution in [3.05, 3.63) is 87.0 Å². The molecular formula is C20H12N2O6. The molecule has 0 heterocycles. The van der Waals surface area contributed by atoms with Crippen molar-refractivity contribution in [1.82, 2.24) is 0 Å². The van der Waals surface area contributed by atoms with Gasteiger partial charge < -0.3 is 15.5 Å². The van der Waals surface area contributed by atoms with Crippen LogP contribution in [0, 0.1) is 10.1 Å². The molecule has 0 aliphatic heterocycles. The lowest BCUT2D eigenvalue weighted by atomic mass is 9.82. The number of anilines is 2. The lowest BCUT2D eigenvalue weighted by molar-refractivity contribution is -0.384. The summed E-state index contributed by atoms with van der Waals surface area (Å²) in [6.45, 7) is 0. The summed E-state index contributed by atoms with van der Waals surface area (Å²) in [5.41, 5.74) is -0.451. The van der Waals surface area contributed by atoms with Crippen LogP contribution in [0.3, 0.4) is 0 Å². The van der Waals surface area contributed by atoms with Crippen LogP contribution in [0.4, 0.5) is 17.1 Å². The highest BCUT2D eigenvalue weighted by Gasteiger charge is 2.36. The second kappa shape index (κ2) is 6.20. The molecule has 138 valence electrons. The van der Waals surface area contributed by atoms with Crippen LogP contribution in [0.1, 0.15) is 31.8 Å². The van der Waals surface area contributed by atoms with E-state index >= 15 is 0 Å². The zero-order valence-corrected chi connectivity index (χ0v) is 14.2. The number of carbonyl (C=O) groups is 2. The predicted octanol–water partition coefficient (Wildman–Crippen LogP) is 3.53. The SMILES string of the molecule is O=C1c2cc([N+](=O)[O-])cc(Nc3ccccc3)c2C(=O)c2c1ccc(O)c2O. The Labute approximate surface area is 157 Å². The van der Waals surface area contributed by atoms with E-state index in [9.17, 15) is 29.9 Å². The van der Waals surface area contributed by atoms with E-state index in [1.54, 1.807) is 30.3 Å². The monoisotopic (exact) mass is 376 g/mol. The van der Waals surface area contributed by atoms with Gasteiger partial charge in [0.2, 0.25) is 0 Å². The number of carbonyl (C=O) groups excluding carboxylic acids is 2. The Bertz CT molecular complexity index is 1170. The molecule has 8 heteroatoms. The molecule has 0 radical (unpaired) electrons. The molecule has 0 unspecified atom stereocenters. The molecule has 8 nitrogen and oxygen atoms in total. The fourth-order valence-electron chi connectivity index (χ4n) is 3.20. The Hall–Kier alpha value is -4.20. The molecule has 0 fully saturated rings. The summed E-state index contributed by atoms with van der Waals surface area (Å²) in [4.78, 5) is 36.7. The van der Waals surface area contributed by atoms with Gasteiger partial charge in [0.15, 0.2) is 23.1 Å². The summed E-state index contributed by atoms with van der Waals surface area (Å²) in [6.07, 6.45) is 0. The van der Waals surface area contributed by atoms with Crippen molar-refractivity contribution in [2.75, 3.05) is 5.32 Å². The number of phenols is 2. The van der Waals surface area contributed by atoms with Crippen molar-refractivity contribution >= 4 is 28.6 Å². The number of hydrogen-bond donors (Lipinski definition) is 3. The summed E-state index contributed by atoms with van der Waals surface area (Å²) >= 11 is 0. The molecule has 0 spiro atoms. The zero-order chi connectivity index (χ0) is 20.0. The number of nitrogens with one attached hydrogen (secondary N) is 1. The molecule has 3 aromatic carbocycles. The van der Waals surface area contributed by atoms with E-state index in [2.05, 4.69) is 5.32 Å². The maximum absolute atomic E-state index is 13.1. The van der Waals surface area contributed by atoms with Crippen molar-refractivity contribution in [3.8, 4) is 11.5 Å². The zero-order valence-electron chi connectivity index (χ0n) is 14.2.